The van der Waals surface area contributed by atoms with Gasteiger partial charge in [0.15, 0.2) is 0 Å². The van der Waals surface area contributed by atoms with Crippen molar-refractivity contribution in [1.29, 1.82) is 0 Å². The van der Waals surface area contributed by atoms with Crippen LogP contribution in [-0.4, -0.2) is 49.0 Å². The number of nitrogens with zero attached hydrogens (tertiary/aromatic N) is 2. The summed E-state index contributed by atoms with van der Waals surface area (Å²) >= 11 is 0. The SMILES string of the molecule is O=CCN1CCCC2(CCN(c3ccccc3)C2)C1.Oc1ccc2c(c1)CCCC2.c1ccccc1. The minimum absolute atomic E-state index is 0.408. The molecule has 1 N–H and O–H groups in total. The molecule has 190 valence electrons. The molecule has 0 amide bonds. The zero-order valence-corrected chi connectivity index (χ0v) is 21.4. The summed E-state index contributed by atoms with van der Waals surface area (Å²) in [5.74, 6) is 0.408. The number of para-hydroxylation sites is 1. The molecule has 4 nitrogen and oxygen atoms in total. The third-order valence-corrected chi connectivity index (χ3v) is 7.63. The molecule has 0 radical (unpaired) electrons. The number of fused-ring (bicyclic) bond motifs is 1. The van der Waals surface area contributed by atoms with Gasteiger partial charge in [0.05, 0.1) is 6.54 Å². The van der Waals surface area contributed by atoms with Gasteiger partial charge in [-0.1, -0.05) is 60.7 Å². The first-order valence-corrected chi connectivity index (χ1v) is 13.4. The maximum Gasteiger partial charge on any atom is 0.133 e. The van der Waals surface area contributed by atoms with E-state index in [1.807, 2.05) is 48.5 Å². The number of phenolic OH excluding ortho intramolecular Hbond substituents is 1. The van der Waals surface area contributed by atoms with E-state index in [0.29, 0.717) is 17.7 Å². The molecule has 1 aliphatic carbocycles. The highest BCUT2D eigenvalue weighted by atomic mass is 16.3. The lowest BCUT2D eigenvalue weighted by atomic mass is 9.79. The molecular formula is C32H40N2O2. The van der Waals surface area contributed by atoms with Crippen molar-refractivity contribution in [3.63, 3.8) is 0 Å². The van der Waals surface area contributed by atoms with E-state index in [0.717, 1.165) is 38.9 Å². The van der Waals surface area contributed by atoms with Gasteiger partial charge >= 0.3 is 0 Å². The van der Waals surface area contributed by atoms with Gasteiger partial charge < -0.3 is 14.8 Å². The van der Waals surface area contributed by atoms with Crippen molar-refractivity contribution in [2.24, 2.45) is 5.41 Å². The molecule has 1 unspecified atom stereocenters. The Labute approximate surface area is 216 Å². The van der Waals surface area contributed by atoms with Crippen molar-refractivity contribution in [2.75, 3.05) is 37.6 Å². The Morgan fingerprint density at radius 2 is 1.42 bits per heavy atom. The highest BCUT2D eigenvalue weighted by Crippen LogP contribution is 2.40. The van der Waals surface area contributed by atoms with Crippen LogP contribution in [0.5, 0.6) is 5.75 Å². The first kappa shape index (κ1) is 26.0. The van der Waals surface area contributed by atoms with Gasteiger partial charge in [0.1, 0.15) is 12.0 Å². The van der Waals surface area contributed by atoms with Gasteiger partial charge in [-0.2, -0.15) is 0 Å². The van der Waals surface area contributed by atoms with Crippen molar-refractivity contribution < 1.29 is 9.90 Å². The lowest BCUT2D eigenvalue weighted by Gasteiger charge is -2.39. The Bertz CT molecular complexity index is 1030. The number of carbonyl (C=O) groups is 1. The van der Waals surface area contributed by atoms with Crippen LogP contribution < -0.4 is 4.90 Å². The Hall–Kier alpha value is -3.11. The number of aldehydes is 1. The predicted octanol–water partition coefficient (Wildman–Crippen LogP) is 6.14. The van der Waals surface area contributed by atoms with Gasteiger partial charge in [0.25, 0.3) is 0 Å². The van der Waals surface area contributed by atoms with E-state index in [2.05, 4.69) is 40.1 Å². The summed E-state index contributed by atoms with van der Waals surface area (Å²) in [4.78, 5) is 15.5. The molecule has 0 bridgehead atoms. The molecule has 2 aliphatic heterocycles. The second kappa shape index (κ2) is 13.3. The number of hydrogen-bond donors (Lipinski definition) is 1. The summed E-state index contributed by atoms with van der Waals surface area (Å²) in [6.07, 6.45) is 9.76. The molecule has 3 aliphatic rings. The number of aryl methyl sites for hydroxylation is 2. The number of rotatable bonds is 3. The first-order valence-electron chi connectivity index (χ1n) is 13.4. The van der Waals surface area contributed by atoms with Crippen molar-refractivity contribution in [3.05, 3.63) is 96.1 Å². The van der Waals surface area contributed by atoms with E-state index in [9.17, 15) is 9.90 Å². The maximum absolute atomic E-state index is 10.7. The molecule has 3 aromatic rings. The van der Waals surface area contributed by atoms with Gasteiger partial charge in [-0.25, -0.2) is 0 Å². The van der Waals surface area contributed by atoms with Crippen LogP contribution in [0.3, 0.4) is 0 Å². The maximum atomic E-state index is 10.7. The van der Waals surface area contributed by atoms with E-state index in [1.54, 1.807) is 6.07 Å². The monoisotopic (exact) mass is 484 g/mol. The average molecular weight is 485 g/mol. The number of piperidine rings is 1. The first-order chi connectivity index (χ1) is 17.7. The van der Waals surface area contributed by atoms with Crippen molar-refractivity contribution in [2.45, 2.75) is 44.9 Å². The van der Waals surface area contributed by atoms with E-state index < -0.39 is 0 Å². The normalized spacial score (nSPS) is 20.9. The van der Waals surface area contributed by atoms with Crippen LogP contribution in [0, 0.1) is 5.41 Å². The number of anilines is 1. The molecule has 2 saturated heterocycles. The molecule has 2 fully saturated rings. The third kappa shape index (κ3) is 7.44. The van der Waals surface area contributed by atoms with Crippen LogP contribution in [0.15, 0.2) is 84.9 Å². The Kier molecular flexibility index (Phi) is 9.57. The number of aromatic hydroxyl groups is 1. The summed E-state index contributed by atoms with van der Waals surface area (Å²) in [6, 6.07) is 28.4. The average Bonchev–Trinajstić information content (AvgIpc) is 3.34. The molecule has 6 rings (SSSR count). The van der Waals surface area contributed by atoms with E-state index >= 15 is 0 Å². The Morgan fingerprint density at radius 3 is 2.11 bits per heavy atom. The Balaban J connectivity index is 0.000000149. The second-order valence-electron chi connectivity index (χ2n) is 10.3. The molecule has 0 aromatic heterocycles. The van der Waals surface area contributed by atoms with Gasteiger partial charge in [-0.15, -0.1) is 0 Å². The lowest BCUT2D eigenvalue weighted by Crippen LogP contribution is -2.45. The smallest absolute Gasteiger partial charge is 0.133 e. The Morgan fingerprint density at radius 1 is 0.750 bits per heavy atom. The fourth-order valence-electron chi connectivity index (χ4n) is 5.80. The van der Waals surface area contributed by atoms with Gasteiger partial charge in [0, 0.05) is 30.7 Å². The van der Waals surface area contributed by atoms with Crippen molar-refractivity contribution in [3.8, 4) is 5.75 Å². The summed E-state index contributed by atoms with van der Waals surface area (Å²) < 4.78 is 0. The number of phenols is 1. The summed E-state index contributed by atoms with van der Waals surface area (Å²) in [5.41, 5.74) is 4.52. The minimum Gasteiger partial charge on any atom is -0.508 e. The van der Waals surface area contributed by atoms with E-state index in [-0.39, 0.29) is 0 Å². The number of hydrogen-bond acceptors (Lipinski definition) is 4. The summed E-state index contributed by atoms with van der Waals surface area (Å²) in [5, 5.41) is 9.19. The van der Waals surface area contributed by atoms with Crippen LogP contribution in [0.2, 0.25) is 0 Å². The minimum atomic E-state index is 0.408. The highest BCUT2D eigenvalue weighted by Gasteiger charge is 2.41. The zero-order chi connectivity index (χ0) is 25.1. The molecule has 2 heterocycles. The standard InChI is InChI=1S/C16H22N2O.C10H12O.C6H6/c19-12-11-17-9-4-7-16(13-17)8-10-18(14-16)15-5-2-1-3-6-15;11-10-6-5-8-3-1-2-4-9(8)7-10;1-2-4-6-5-3-1/h1-3,5-6,12H,4,7-11,13-14H2;5-7,11H,1-4H2;1-6H. The predicted molar refractivity (Wildman–Crippen MR) is 149 cm³/mol. The number of benzene rings is 3. The number of carbonyl (C=O) groups excluding carboxylic acids is 1. The van der Waals surface area contributed by atoms with Crippen molar-refractivity contribution in [1.82, 2.24) is 4.90 Å². The fourth-order valence-corrected chi connectivity index (χ4v) is 5.80. The van der Waals surface area contributed by atoms with Crippen molar-refractivity contribution >= 4 is 12.0 Å². The van der Waals surface area contributed by atoms with Crippen LogP contribution in [0.4, 0.5) is 5.69 Å². The third-order valence-electron chi connectivity index (χ3n) is 7.63. The molecular weight excluding hydrogens is 444 g/mol. The lowest BCUT2D eigenvalue weighted by molar-refractivity contribution is -0.109. The highest BCUT2D eigenvalue weighted by molar-refractivity contribution is 5.52. The second-order valence-corrected chi connectivity index (χ2v) is 10.3. The summed E-state index contributed by atoms with van der Waals surface area (Å²) in [6.45, 7) is 5.08. The van der Waals surface area contributed by atoms with Crippen LogP contribution in [0.1, 0.15) is 43.2 Å². The van der Waals surface area contributed by atoms with Crippen LogP contribution in [0.25, 0.3) is 0 Å². The molecule has 36 heavy (non-hydrogen) atoms. The topological polar surface area (TPSA) is 43.8 Å². The van der Waals surface area contributed by atoms with Crippen LogP contribution >= 0.6 is 0 Å². The summed E-state index contributed by atoms with van der Waals surface area (Å²) in [7, 11) is 0. The van der Waals surface area contributed by atoms with Crippen LogP contribution in [-0.2, 0) is 17.6 Å². The molecule has 0 saturated carbocycles. The largest absolute Gasteiger partial charge is 0.508 e. The molecule has 1 atom stereocenters. The molecule has 1 spiro atoms. The van der Waals surface area contributed by atoms with E-state index in [4.69, 9.17) is 0 Å². The quantitative estimate of drug-likeness (QED) is 0.454. The van der Waals surface area contributed by atoms with Gasteiger partial charge in [-0.3, -0.25) is 4.90 Å². The zero-order valence-electron chi connectivity index (χ0n) is 21.4. The molecule has 4 heteroatoms. The fraction of sp³-hybridized carbons (Fsp3) is 0.406. The van der Waals surface area contributed by atoms with E-state index in [1.165, 1.54) is 55.3 Å². The van der Waals surface area contributed by atoms with Gasteiger partial charge in [-0.05, 0) is 86.9 Å². The number of likely N-dealkylation sites (tertiary alicyclic amines) is 1. The molecule has 3 aromatic carbocycles. The van der Waals surface area contributed by atoms with Gasteiger partial charge in [0.2, 0.25) is 0 Å².